The van der Waals surface area contributed by atoms with Gasteiger partial charge in [-0.05, 0) is 31.7 Å². The second-order valence-corrected chi connectivity index (χ2v) is 5.03. The number of aliphatic hydroxyl groups excluding tert-OH is 2. The predicted molar refractivity (Wildman–Crippen MR) is 70.8 cm³/mol. The molecule has 0 spiro atoms. The van der Waals surface area contributed by atoms with Crippen LogP contribution in [-0.2, 0) is 0 Å². The summed E-state index contributed by atoms with van der Waals surface area (Å²) >= 11 is 0. The number of hydrogen-bond donors (Lipinski definition) is 3. The Morgan fingerprint density at radius 3 is 2.50 bits per heavy atom. The van der Waals surface area contributed by atoms with Gasteiger partial charge >= 0.3 is 0 Å². The molecule has 0 saturated carbocycles. The van der Waals surface area contributed by atoms with Gasteiger partial charge in [0.1, 0.15) is 5.75 Å². The first-order valence-electron chi connectivity index (χ1n) is 6.48. The highest BCUT2D eigenvalue weighted by Gasteiger charge is 2.19. The van der Waals surface area contributed by atoms with Gasteiger partial charge in [0.2, 0.25) is 0 Å². The topological polar surface area (TPSA) is 63.9 Å². The summed E-state index contributed by atoms with van der Waals surface area (Å²) in [4.78, 5) is 2.21. The highest BCUT2D eigenvalue weighted by molar-refractivity contribution is 5.54. The van der Waals surface area contributed by atoms with E-state index in [4.69, 9.17) is 5.11 Å². The lowest BCUT2D eigenvalue weighted by atomic mass is 9.97. The summed E-state index contributed by atoms with van der Waals surface area (Å²) in [6.07, 6.45) is 1.31. The minimum Gasteiger partial charge on any atom is -0.507 e. The minimum atomic E-state index is -0.654. The molecule has 0 amide bonds. The van der Waals surface area contributed by atoms with Crippen LogP contribution in [0.1, 0.15) is 31.4 Å². The van der Waals surface area contributed by atoms with Gasteiger partial charge in [0.15, 0.2) is 0 Å². The molecule has 1 aliphatic rings. The Labute approximate surface area is 107 Å². The number of benzene rings is 1. The zero-order valence-electron chi connectivity index (χ0n) is 10.7. The SMILES string of the molecule is CC(O)c1ccc(N2CCC(CO)CC2)cc1O. The van der Waals surface area contributed by atoms with E-state index in [0.717, 1.165) is 31.6 Å². The molecular formula is C14H21NO3. The van der Waals surface area contributed by atoms with Gasteiger partial charge < -0.3 is 20.2 Å². The second-order valence-electron chi connectivity index (χ2n) is 5.03. The van der Waals surface area contributed by atoms with Crippen LogP contribution in [0.2, 0.25) is 0 Å². The van der Waals surface area contributed by atoms with E-state index >= 15 is 0 Å². The van der Waals surface area contributed by atoms with Gasteiger partial charge in [-0.1, -0.05) is 6.07 Å². The van der Waals surface area contributed by atoms with Crippen LogP contribution < -0.4 is 4.90 Å². The summed E-state index contributed by atoms with van der Waals surface area (Å²) in [5, 5.41) is 28.4. The fraction of sp³-hybridized carbons (Fsp3) is 0.571. The van der Waals surface area contributed by atoms with Gasteiger partial charge in [-0.15, -0.1) is 0 Å². The molecular weight excluding hydrogens is 230 g/mol. The average molecular weight is 251 g/mol. The number of nitrogens with zero attached hydrogens (tertiary/aromatic N) is 1. The Hall–Kier alpha value is -1.26. The van der Waals surface area contributed by atoms with Crippen LogP contribution in [0.25, 0.3) is 0 Å². The number of piperidine rings is 1. The van der Waals surface area contributed by atoms with Gasteiger partial charge in [0.05, 0.1) is 6.10 Å². The third kappa shape index (κ3) is 2.76. The first-order valence-corrected chi connectivity index (χ1v) is 6.48. The molecule has 4 nitrogen and oxygen atoms in total. The van der Waals surface area contributed by atoms with Gasteiger partial charge in [-0.2, -0.15) is 0 Å². The molecule has 0 radical (unpaired) electrons. The minimum absolute atomic E-state index is 0.145. The Balaban J connectivity index is 2.08. The summed E-state index contributed by atoms with van der Waals surface area (Å²) in [6, 6.07) is 5.41. The third-order valence-electron chi connectivity index (χ3n) is 3.70. The maximum atomic E-state index is 9.86. The van der Waals surface area contributed by atoms with Crippen LogP contribution in [0.5, 0.6) is 5.75 Å². The fourth-order valence-electron chi connectivity index (χ4n) is 2.46. The maximum Gasteiger partial charge on any atom is 0.123 e. The van der Waals surface area contributed by atoms with Crippen molar-refractivity contribution in [2.75, 3.05) is 24.6 Å². The van der Waals surface area contributed by atoms with Crippen molar-refractivity contribution in [2.24, 2.45) is 5.92 Å². The molecule has 2 rings (SSSR count). The molecule has 3 N–H and O–H groups in total. The van der Waals surface area contributed by atoms with Gasteiger partial charge in [-0.25, -0.2) is 0 Å². The van der Waals surface area contributed by atoms with Crippen LogP contribution in [0.4, 0.5) is 5.69 Å². The summed E-state index contributed by atoms with van der Waals surface area (Å²) in [5.41, 5.74) is 1.54. The first kappa shape index (κ1) is 13.2. The smallest absolute Gasteiger partial charge is 0.123 e. The standard InChI is InChI=1S/C14H21NO3/c1-10(17)13-3-2-12(8-14(13)18)15-6-4-11(9-16)5-7-15/h2-3,8,10-11,16-18H,4-7,9H2,1H3. The number of phenols is 1. The summed E-state index contributed by atoms with van der Waals surface area (Å²) in [7, 11) is 0. The van der Waals surface area contributed by atoms with Crippen molar-refractivity contribution < 1.29 is 15.3 Å². The van der Waals surface area contributed by atoms with E-state index in [-0.39, 0.29) is 12.4 Å². The normalized spacial score (nSPS) is 18.9. The molecule has 1 aromatic rings. The second kappa shape index (κ2) is 5.59. The number of aliphatic hydroxyl groups is 2. The lowest BCUT2D eigenvalue weighted by Crippen LogP contribution is -2.34. The van der Waals surface area contributed by atoms with E-state index < -0.39 is 6.10 Å². The lowest BCUT2D eigenvalue weighted by molar-refractivity contribution is 0.195. The fourth-order valence-corrected chi connectivity index (χ4v) is 2.46. The molecule has 0 aromatic heterocycles. The molecule has 1 aromatic carbocycles. The van der Waals surface area contributed by atoms with Crippen LogP contribution >= 0.6 is 0 Å². The number of anilines is 1. The molecule has 100 valence electrons. The third-order valence-corrected chi connectivity index (χ3v) is 3.70. The molecule has 1 atom stereocenters. The Bertz CT molecular complexity index is 398. The van der Waals surface area contributed by atoms with Crippen LogP contribution in [0, 0.1) is 5.92 Å². The molecule has 1 saturated heterocycles. The number of rotatable bonds is 3. The monoisotopic (exact) mass is 251 g/mol. The van der Waals surface area contributed by atoms with E-state index in [0.29, 0.717) is 11.5 Å². The Kier molecular flexibility index (Phi) is 4.09. The molecule has 18 heavy (non-hydrogen) atoms. The summed E-state index contributed by atoms with van der Waals surface area (Å²) < 4.78 is 0. The zero-order chi connectivity index (χ0) is 13.1. The number of aromatic hydroxyl groups is 1. The molecule has 4 heteroatoms. The number of hydrogen-bond acceptors (Lipinski definition) is 4. The van der Waals surface area contributed by atoms with E-state index in [9.17, 15) is 10.2 Å². The van der Waals surface area contributed by atoms with E-state index in [1.54, 1.807) is 19.1 Å². The Morgan fingerprint density at radius 1 is 1.33 bits per heavy atom. The molecule has 1 aliphatic heterocycles. The zero-order valence-corrected chi connectivity index (χ0v) is 10.7. The number of phenolic OH excluding ortho intramolecular Hbond substituents is 1. The predicted octanol–water partition coefficient (Wildman–Crippen LogP) is 1.65. The van der Waals surface area contributed by atoms with Crippen LogP contribution in [-0.4, -0.2) is 35.0 Å². The highest BCUT2D eigenvalue weighted by atomic mass is 16.3. The summed E-state index contributed by atoms with van der Waals surface area (Å²) in [6.45, 7) is 3.71. The van der Waals surface area contributed by atoms with Crippen molar-refractivity contribution in [3.05, 3.63) is 23.8 Å². The van der Waals surface area contributed by atoms with E-state index in [1.807, 2.05) is 6.07 Å². The van der Waals surface area contributed by atoms with E-state index in [1.165, 1.54) is 0 Å². The Morgan fingerprint density at radius 2 is 2.00 bits per heavy atom. The van der Waals surface area contributed by atoms with Crippen molar-refractivity contribution in [1.29, 1.82) is 0 Å². The highest BCUT2D eigenvalue weighted by Crippen LogP contribution is 2.30. The maximum absolute atomic E-state index is 9.86. The van der Waals surface area contributed by atoms with Crippen molar-refractivity contribution >= 4 is 5.69 Å². The van der Waals surface area contributed by atoms with Gasteiger partial charge in [0.25, 0.3) is 0 Å². The van der Waals surface area contributed by atoms with Crippen molar-refractivity contribution in [1.82, 2.24) is 0 Å². The molecule has 0 aliphatic carbocycles. The van der Waals surface area contributed by atoms with Gasteiger partial charge in [0, 0.05) is 37.0 Å². The lowest BCUT2D eigenvalue weighted by Gasteiger charge is -2.33. The van der Waals surface area contributed by atoms with Crippen molar-refractivity contribution in [3.63, 3.8) is 0 Å². The largest absolute Gasteiger partial charge is 0.507 e. The molecule has 1 heterocycles. The van der Waals surface area contributed by atoms with E-state index in [2.05, 4.69) is 4.90 Å². The summed E-state index contributed by atoms with van der Waals surface area (Å²) in [5.74, 6) is 0.554. The molecule has 1 fully saturated rings. The molecule has 0 bridgehead atoms. The quantitative estimate of drug-likeness (QED) is 0.764. The van der Waals surface area contributed by atoms with Crippen LogP contribution in [0.15, 0.2) is 18.2 Å². The first-order chi connectivity index (χ1) is 8.61. The average Bonchev–Trinajstić information content (AvgIpc) is 2.38. The van der Waals surface area contributed by atoms with Crippen LogP contribution in [0.3, 0.4) is 0 Å². The van der Waals surface area contributed by atoms with Crippen molar-refractivity contribution in [3.8, 4) is 5.75 Å². The van der Waals surface area contributed by atoms with Crippen molar-refractivity contribution in [2.45, 2.75) is 25.9 Å². The molecule has 1 unspecified atom stereocenters. The van der Waals surface area contributed by atoms with Gasteiger partial charge in [-0.3, -0.25) is 0 Å².